The van der Waals surface area contributed by atoms with Crippen molar-refractivity contribution in [3.8, 4) is 0 Å². The van der Waals surface area contributed by atoms with E-state index in [1.807, 2.05) is 0 Å². The van der Waals surface area contributed by atoms with Gasteiger partial charge in [-0.1, -0.05) is 24.6 Å². The van der Waals surface area contributed by atoms with E-state index in [1.54, 1.807) is 18.2 Å². The minimum absolute atomic E-state index is 0.168. The Morgan fingerprint density at radius 2 is 1.94 bits per heavy atom. The molecule has 1 rings (SSSR count). The minimum atomic E-state index is -0.363. The van der Waals surface area contributed by atoms with Gasteiger partial charge in [-0.3, -0.25) is 14.9 Å². The zero-order valence-electron chi connectivity index (χ0n) is 9.39. The van der Waals surface area contributed by atoms with E-state index in [2.05, 4.69) is 0 Å². The SMILES string of the molecule is O=C(Cl)CCCCCc1ccccc1[N+](=O)[O-]. The Bertz CT molecular complexity index is 406. The van der Waals surface area contributed by atoms with Crippen LogP contribution in [0.15, 0.2) is 24.3 Å². The van der Waals surface area contributed by atoms with Crippen molar-refractivity contribution < 1.29 is 9.72 Å². The Hall–Kier alpha value is -1.42. The topological polar surface area (TPSA) is 60.2 Å². The second-order valence-corrected chi connectivity index (χ2v) is 4.22. The summed E-state index contributed by atoms with van der Waals surface area (Å²) in [6.45, 7) is 0. The highest BCUT2D eigenvalue weighted by Crippen LogP contribution is 2.20. The van der Waals surface area contributed by atoms with Crippen LogP contribution in [0.25, 0.3) is 0 Å². The first kappa shape index (κ1) is 13.6. The number of halogens is 1. The summed E-state index contributed by atoms with van der Waals surface area (Å²) in [5.74, 6) is 0. The molecule has 0 saturated carbocycles. The monoisotopic (exact) mass is 255 g/mol. The van der Waals surface area contributed by atoms with Crippen molar-refractivity contribution >= 4 is 22.5 Å². The Morgan fingerprint density at radius 3 is 2.59 bits per heavy atom. The summed E-state index contributed by atoms with van der Waals surface area (Å²) < 4.78 is 0. The molecule has 1 aromatic carbocycles. The fourth-order valence-corrected chi connectivity index (χ4v) is 1.79. The number of benzene rings is 1. The first-order chi connectivity index (χ1) is 8.11. The molecule has 0 N–H and O–H groups in total. The maximum absolute atomic E-state index is 10.7. The van der Waals surface area contributed by atoms with Gasteiger partial charge in [0.1, 0.15) is 0 Å². The van der Waals surface area contributed by atoms with E-state index in [4.69, 9.17) is 11.6 Å². The number of hydrogen-bond donors (Lipinski definition) is 0. The molecule has 0 aliphatic heterocycles. The van der Waals surface area contributed by atoms with Gasteiger partial charge in [0.25, 0.3) is 5.69 Å². The number of carbonyl (C=O) groups excluding carboxylic acids is 1. The second kappa shape index (κ2) is 7.01. The Labute approximate surface area is 105 Å². The summed E-state index contributed by atoms with van der Waals surface area (Å²) in [4.78, 5) is 20.9. The first-order valence-electron chi connectivity index (χ1n) is 5.52. The number of hydrogen-bond acceptors (Lipinski definition) is 3. The lowest BCUT2D eigenvalue weighted by atomic mass is 10.0. The van der Waals surface area contributed by atoms with Crippen LogP contribution in [0.3, 0.4) is 0 Å². The van der Waals surface area contributed by atoms with Gasteiger partial charge in [-0.05, 0) is 30.9 Å². The van der Waals surface area contributed by atoms with Gasteiger partial charge in [0, 0.05) is 18.1 Å². The predicted octanol–water partition coefficient (Wildman–Crippen LogP) is 3.46. The average molecular weight is 256 g/mol. The van der Waals surface area contributed by atoms with Gasteiger partial charge in [0.2, 0.25) is 5.24 Å². The van der Waals surface area contributed by atoms with Gasteiger partial charge in [-0.15, -0.1) is 0 Å². The van der Waals surface area contributed by atoms with Crippen LogP contribution in [0.5, 0.6) is 0 Å². The van der Waals surface area contributed by atoms with Crippen LogP contribution in [-0.4, -0.2) is 10.2 Å². The summed E-state index contributed by atoms with van der Waals surface area (Å²) in [5, 5.41) is 10.4. The van der Waals surface area contributed by atoms with Crippen molar-refractivity contribution in [1.29, 1.82) is 0 Å². The molecule has 0 saturated heterocycles. The van der Waals surface area contributed by atoms with Crippen LogP contribution >= 0.6 is 11.6 Å². The number of nitro benzene ring substituents is 1. The van der Waals surface area contributed by atoms with Crippen LogP contribution in [0.1, 0.15) is 31.2 Å². The third-order valence-corrected chi connectivity index (χ3v) is 2.70. The van der Waals surface area contributed by atoms with Gasteiger partial charge in [-0.25, -0.2) is 0 Å². The van der Waals surface area contributed by atoms with E-state index in [0.717, 1.165) is 24.8 Å². The van der Waals surface area contributed by atoms with Crippen LogP contribution in [0.2, 0.25) is 0 Å². The Kier molecular flexibility index (Phi) is 5.63. The summed E-state index contributed by atoms with van der Waals surface area (Å²) in [6.07, 6.45) is 3.45. The largest absolute Gasteiger partial charge is 0.281 e. The molecule has 17 heavy (non-hydrogen) atoms. The molecule has 1 aromatic rings. The quantitative estimate of drug-likeness (QED) is 0.324. The predicted molar refractivity (Wildman–Crippen MR) is 66.1 cm³/mol. The molecule has 0 aliphatic rings. The number of nitro groups is 1. The molecule has 0 spiro atoms. The zero-order chi connectivity index (χ0) is 12.7. The molecule has 0 heterocycles. The Balaban J connectivity index is 2.41. The molecule has 4 nitrogen and oxygen atoms in total. The normalized spacial score (nSPS) is 10.2. The van der Waals surface area contributed by atoms with Gasteiger partial charge in [-0.2, -0.15) is 0 Å². The maximum atomic E-state index is 10.7. The van der Waals surface area contributed by atoms with E-state index in [9.17, 15) is 14.9 Å². The lowest BCUT2D eigenvalue weighted by molar-refractivity contribution is -0.385. The van der Waals surface area contributed by atoms with Crippen molar-refractivity contribution in [2.45, 2.75) is 32.1 Å². The minimum Gasteiger partial charge on any atom is -0.281 e. The number of nitrogens with zero attached hydrogens (tertiary/aromatic N) is 1. The number of unbranched alkanes of at least 4 members (excludes halogenated alkanes) is 2. The van der Waals surface area contributed by atoms with E-state index in [-0.39, 0.29) is 15.9 Å². The van der Waals surface area contributed by atoms with Gasteiger partial charge < -0.3 is 0 Å². The molecule has 0 bridgehead atoms. The van der Waals surface area contributed by atoms with Crippen LogP contribution in [0, 0.1) is 10.1 Å². The van der Waals surface area contributed by atoms with Crippen molar-refractivity contribution in [1.82, 2.24) is 0 Å². The molecule has 0 aliphatic carbocycles. The summed E-state index contributed by atoms with van der Waals surface area (Å²) in [5.41, 5.74) is 0.913. The molecule has 0 atom stereocenters. The van der Waals surface area contributed by atoms with E-state index < -0.39 is 0 Å². The molecular formula is C12H14ClNO3. The second-order valence-electron chi connectivity index (χ2n) is 3.80. The molecule has 0 radical (unpaired) electrons. The summed E-state index contributed by atoms with van der Waals surface area (Å²) in [7, 11) is 0. The lowest BCUT2D eigenvalue weighted by Crippen LogP contribution is -1.95. The first-order valence-corrected chi connectivity index (χ1v) is 5.89. The lowest BCUT2D eigenvalue weighted by Gasteiger charge is -2.02. The van der Waals surface area contributed by atoms with E-state index in [0.29, 0.717) is 12.8 Å². The summed E-state index contributed by atoms with van der Waals surface area (Å²) in [6, 6.07) is 6.74. The fraction of sp³-hybridized carbons (Fsp3) is 0.417. The molecule has 0 aromatic heterocycles. The standard InChI is InChI=1S/C12H14ClNO3/c13-12(15)9-3-1-2-6-10-7-4-5-8-11(10)14(16)17/h4-5,7-8H,1-3,6,9H2. The zero-order valence-corrected chi connectivity index (χ0v) is 10.2. The molecule has 5 heteroatoms. The van der Waals surface area contributed by atoms with Crippen molar-refractivity contribution in [2.75, 3.05) is 0 Å². The smallest absolute Gasteiger partial charge is 0.272 e. The van der Waals surface area contributed by atoms with Gasteiger partial charge >= 0.3 is 0 Å². The highest BCUT2D eigenvalue weighted by atomic mass is 35.5. The molecular weight excluding hydrogens is 242 g/mol. The highest BCUT2D eigenvalue weighted by molar-refractivity contribution is 6.63. The Morgan fingerprint density at radius 1 is 1.24 bits per heavy atom. The number of aryl methyl sites for hydroxylation is 1. The maximum Gasteiger partial charge on any atom is 0.272 e. The third kappa shape index (κ3) is 4.95. The molecule has 0 fully saturated rings. The molecule has 92 valence electrons. The number of rotatable bonds is 7. The fourth-order valence-electron chi connectivity index (χ4n) is 1.66. The van der Waals surface area contributed by atoms with Crippen LogP contribution in [0.4, 0.5) is 5.69 Å². The third-order valence-electron chi connectivity index (χ3n) is 2.51. The molecule has 0 amide bonds. The van der Waals surface area contributed by atoms with Crippen LogP contribution in [-0.2, 0) is 11.2 Å². The van der Waals surface area contributed by atoms with E-state index in [1.165, 1.54) is 6.07 Å². The highest BCUT2D eigenvalue weighted by Gasteiger charge is 2.11. The molecule has 0 unspecified atom stereocenters. The van der Waals surface area contributed by atoms with Crippen LogP contribution < -0.4 is 0 Å². The average Bonchev–Trinajstić information content (AvgIpc) is 2.28. The summed E-state index contributed by atoms with van der Waals surface area (Å²) >= 11 is 5.21. The van der Waals surface area contributed by atoms with E-state index >= 15 is 0 Å². The van der Waals surface area contributed by atoms with Crippen molar-refractivity contribution in [3.63, 3.8) is 0 Å². The van der Waals surface area contributed by atoms with Crippen molar-refractivity contribution in [3.05, 3.63) is 39.9 Å². The number of carbonyl (C=O) groups is 1. The van der Waals surface area contributed by atoms with Crippen molar-refractivity contribution in [2.24, 2.45) is 0 Å². The number of para-hydroxylation sites is 1. The van der Waals surface area contributed by atoms with Gasteiger partial charge in [0.15, 0.2) is 0 Å². The van der Waals surface area contributed by atoms with Gasteiger partial charge in [0.05, 0.1) is 4.92 Å².